The number of rotatable bonds is 2. The van der Waals surface area contributed by atoms with Crippen molar-refractivity contribution in [1.29, 1.82) is 0 Å². The second-order valence-corrected chi connectivity index (χ2v) is 6.26. The lowest BCUT2D eigenvalue weighted by atomic mass is 9.85. The predicted octanol–water partition coefficient (Wildman–Crippen LogP) is 2.66. The normalized spacial score (nSPS) is 33.0. The van der Waals surface area contributed by atoms with Crippen molar-refractivity contribution in [3.63, 3.8) is 0 Å². The molecule has 3 aliphatic rings. The Hall–Kier alpha value is -1.81. The summed E-state index contributed by atoms with van der Waals surface area (Å²) < 4.78 is 5.28. The van der Waals surface area contributed by atoms with Gasteiger partial charge in [0.05, 0.1) is 24.6 Å². The molecule has 1 aromatic rings. The number of amides is 2. The summed E-state index contributed by atoms with van der Waals surface area (Å²) in [5.41, 5.74) is 0.453. The average Bonchev–Trinajstić information content (AvgIpc) is 3.13. The molecule has 2 aliphatic carbocycles. The Morgan fingerprint density at radius 1 is 1.14 bits per heavy atom. The van der Waals surface area contributed by atoms with Crippen LogP contribution in [-0.4, -0.2) is 18.9 Å². The number of hydrogen-bond donors (Lipinski definition) is 0. The largest absolute Gasteiger partial charge is 0.495 e. The van der Waals surface area contributed by atoms with E-state index in [0.717, 1.165) is 6.42 Å². The van der Waals surface area contributed by atoms with Gasteiger partial charge in [0.2, 0.25) is 11.8 Å². The minimum atomic E-state index is -0.212. The van der Waals surface area contributed by atoms with E-state index in [1.165, 1.54) is 12.0 Å². The van der Waals surface area contributed by atoms with Gasteiger partial charge in [-0.05, 0) is 36.5 Å². The van der Waals surface area contributed by atoms with Crippen molar-refractivity contribution in [1.82, 2.24) is 0 Å². The zero-order valence-electron chi connectivity index (χ0n) is 11.5. The number of halogens is 1. The SMILES string of the molecule is COc1ccc(Cl)cc1N1C(=O)[C@@H]2[C@H](C1=O)[C@@H]1C=C[C@H]2C1. The lowest BCUT2D eigenvalue weighted by Crippen LogP contribution is -2.33. The molecule has 4 atom stereocenters. The van der Waals surface area contributed by atoms with Crippen LogP contribution in [0.4, 0.5) is 5.69 Å². The van der Waals surface area contributed by atoms with E-state index < -0.39 is 0 Å². The number of allylic oxidation sites excluding steroid dienone is 2. The summed E-state index contributed by atoms with van der Waals surface area (Å²) in [5.74, 6) is 0.219. The monoisotopic (exact) mass is 303 g/mol. The third-order valence-electron chi connectivity index (χ3n) is 4.85. The number of anilines is 1. The fourth-order valence-corrected chi connectivity index (χ4v) is 4.14. The maximum Gasteiger partial charge on any atom is 0.238 e. The van der Waals surface area contributed by atoms with Gasteiger partial charge >= 0.3 is 0 Å². The van der Waals surface area contributed by atoms with Gasteiger partial charge in [0, 0.05) is 5.02 Å². The van der Waals surface area contributed by atoms with Crippen LogP contribution < -0.4 is 9.64 Å². The first-order valence-corrected chi connectivity index (χ1v) is 7.39. The number of ether oxygens (including phenoxy) is 1. The maximum absolute atomic E-state index is 12.7. The van der Waals surface area contributed by atoms with Crippen molar-refractivity contribution >= 4 is 29.1 Å². The van der Waals surface area contributed by atoms with Crippen LogP contribution in [0.15, 0.2) is 30.4 Å². The smallest absolute Gasteiger partial charge is 0.238 e. The summed E-state index contributed by atoms with van der Waals surface area (Å²) >= 11 is 6.02. The third kappa shape index (κ3) is 1.62. The number of fused-ring (bicyclic) bond motifs is 5. The van der Waals surface area contributed by atoms with Gasteiger partial charge in [-0.2, -0.15) is 0 Å². The summed E-state index contributed by atoms with van der Waals surface area (Å²) in [6.45, 7) is 0. The van der Waals surface area contributed by atoms with Gasteiger partial charge in [0.1, 0.15) is 5.75 Å². The molecule has 2 bridgehead atoms. The number of methoxy groups -OCH3 is 1. The van der Waals surface area contributed by atoms with Gasteiger partial charge in [-0.3, -0.25) is 9.59 Å². The van der Waals surface area contributed by atoms with Gasteiger partial charge < -0.3 is 4.74 Å². The lowest BCUT2D eigenvalue weighted by molar-refractivity contribution is -0.123. The molecule has 0 N–H and O–H groups in total. The van der Waals surface area contributed by atoms with Crippen molar-refractivity contribution in [2.45, 2.75) is 6.42 Å². The van der Waals surface area contributed by atoms with E-state index in [9.17, 15) is 9.59 Å². The second kappa shape index (κ2) is 4.34. The first kappa shape index (κ1) is 12.9. The molecule has 4 nitrogen and oxygen atoms in total. The zero-order valence-corrected chi connectivity index (χ0v) is 12.2. The highest BCUT2D eigenvalue weighted by molar-refractivity contribution is 6.31. The van der Waals surface area contributed by atoms with Crippen LogP contribution in [0.5, 0.6) is 5.75 Å². The number of carbonyl (C=O) groups excluding carboxylic acids is 2. The Morgan fingerprint density at radius 3 is 2.33 bits per heavy atom. The van der Waals surface area contributed by atoms with Crippen LogP contribution in [0.1, 0.15) is 6.42 Å². The Labute approximate surface area is 127 Å². The quantitative estimate of drug-likeness (QED) is 0.623. The van der Waals surface area contributed by atoms with Crippen LogP contribution in [0, 0.1) is 23.7 Å². The molecule has 1 aromatic carbocycles. The second-order valence-electron chi connectivity index (χ2n) is 5.83. The fourth-order valence-electron chi connectivity index (χ4n) is 3.98. The Morgan fingerprint density at radius 2 is 1.76 bits per heavy atom. The van der Waals surface area contributed by atoms with E-state index >= 15 is 0 Å². The molecule has 0 spiro atoms. The highest BCUT2D eigenvalue weighted by atomic mass is 35.5. The van der Waals surface area contributed by atoms with Gasteiger partial charge in [-0.15, -0.1) is 0 Å². The molecule has 108 valence electrons. The summed E-state index contributed by atoms with van der Waals surface area (Å²) in [5, 5.41) is 0.476. The first-order valence-electron chi connectivity index (χ1n) is 7.01. The minimum absolute atomic E-state index is 0.123. The van der Waals surface area contributed by atoms with E-state index in [2.05, 4.69) is 12.2 Å². The number of nitrogens with zero attached hydrogens (tertiary/aromatic N) is 1. The van der Waals surface area contributed by atoms with Crippen molar-refractivity contribution in [2.75, 3.05) is 12.0 Å². The zero-order chi connectivity index (χ0) is 14.7. The first-order chi connectivity index (χ1) is 10.1. The molecule has 2 fully saturated rings. The van der Waals surface area contributed by atoms with Gasteiger partial charge in [-0.25, -0.2) is 4.90 Å². The number of carbonyl (C=O) groups is 2. The number of benzene rings is 1. The fraction of sp³-hybridized carbons (Fsp3) is 0.375. The Kier molecular flexibility index (Phi) is 2.67. The Balaban J connectivity index is 1.79. The lowest BCUT2D eigenvalue weighted by Gasteiger charge is -2.20. The predicted molar refractivity (Wildman–Crippen MR) is 78.2 cm³/mol. The molecule has 0 radical (unpaired) electrons. The minimum Gasteiger partial charge on any atom is -0.495 e. The summed E-state index contributed by atoms with van der Waals surface area (Å²) in [6.07, 6.45) is 5.08. The average molecular weight is 304 g/mol. The number of hydrogen-bond acceptors (Lipinski definition) is 3. The van der Waals surface area contributed by atoms with E-state index in [4.69, 9.17) is 16.3 Å². The molecule has 4 rings (SSSR count). The van der Waals surface area contributed by atoms with Crippen molar-refractivity contribution < 1.29 is 14.3 Å². The van der Waals surface area contributed by atoms with Crippen molar-refractivity contribution in [3.05, 3.63) is 35.4 Å². The Bertz CT molecular complexity index is 654. The van der Waals surface area contributed by atoms with Gasteiger partial charge in [0.15, 0.2) is 0 Å². The van der Waals surface area contributed by atoms with E-state index in [1.54, 1.807) is 18.2 Å². The van der Waals surface area contributed by atoms with Crippen molar-refractivity contribution in [2.24, 2.45) is 23.7 Å². The highest BCUT2D eigenvalue weighted by Gasteiger charge is 2.59. The maximum atomic E-state index is 12.7. The highest BCUT2D eigenvalue weighted by Crippen LogP contribution is 2.54. The molecule has 0 aromatic heterocycles. The van der Waals surface area contributed by atoms with E-state index in [0.29, 0.717) is 16.5 Å². The molecule has 1 heterocycles. The van der Waals surface area contributed by atoms with Crippen LogP contribution in [0.2, 0.25) is 5.02 Å². The third-order valence-corrected chi connectivity index (χ3v) is 5.09. The molecular weight excluding hydrogens is 290 g/mol. The topological polar surface area (TPSA) is 46.6 Å². The number of imide groups is 1. The molecule has 21 heavy (non-hydrogen) atoms. The summed E-state index contributed by atoms with van der Waals surface area (Å²) in [7, 11) is 1.52. The van der Waals surface area contributed by atoms with Gasteiger partial charge in [0.25, 0.3) is 0 Å². The molecule has 1 aliphatic heterocycles. The van der Waals surface area contributed by atoms with Crippen LogP contribution in [-0.2, 0) is 9.59 Å². The van der Waals surface area contributed by atoms with Crippen molar-refractivity contribution in [3.8, 4) is 5.75 Å². The summed E-state index contributed by atoms with van der Waals surface area (Å²) in [4.78, 5) is 26.7. The molecule has 5 heteroatoms. The van der Waals surface area contributed by atoms with E-state index in [1.807, 2.05) is 0 Å². The van der Waals surface area contributed by atoms with Crippen LogP contribution >= 0.6 is 11.6 Å². The van der Waals surface area contributed by atoms with Crippen LogP contribution in [0.25, 0.3) is 0 Å². The summed E-state index contributed by atoms with van der Waals surface area (Å²) in [6, 6.07) is 4.98. The molecule has 1 saturated carbocycles. The molecule has 0 unspecified atom stereocenters. The molecule has 1 saturated heterocycles. The van der Waals surface area contributed by atoms with Crippen LogP contribution in [0.3, 0.4) is 0 Å². The molecule has 2 amide bonds. The standard InChI is InChI=1S/C16H14ClNO3/c1-21-12-5-4-10(17)7-11(12)18-15(19)13-8-2-3-9(6-8)14(13)16(18)20/h2-5,7-9,13-14H,6H2,1H3/t8-,9+,13-,14+. The molecular formula is C16H14ClNO3. The van der Waals surface area contributed by atoms with Gasteiger partial charge in [-0.1, -0.05) is 23.8 Å². The van der Waals surface area contributed by atoms with E-state index in [-0.39, 0.29) is 35.5 Å².